The molecule has 4 heteroatoms. The summed E-state index contributed by atoms with van der Waals surface area (Å²) >= 11 is 6.04. The van der Waals surface area contributed by atoms with Gasteiger partial charge in [-0.2, -0.15) is 5.10 Å². The standard InChI is InChI=1S/C13H10ClN3/c14-13-11(5-3-7-15-13)9-17-12-6-2-1-4-10(12)8-16-17/h1-8H,9H2. The van der Waals surface area contributed by atoms with Gasteiger partial charge in [-0.25, -0.2) is 4.98 Å². The number of para-hydroxylation sites is 1. The van der Waals surface area contributed by atoms with E-state index in [1.807, 2.05) is 47.3 Å². The molecular weight excluding hydrogens is 234 g/mol. The van der Waals surface area contributed by atoms with Gasteiger partial charge >= 0.3 is 0 Å². The van der Waals surface area contributed by atoms with E-state index in [2.05, 4.69) is 10.1 Å². The Labute approximate surface area is 104 Å². The molecule has 84 valence electrons. The van der Waals surface area contributed by atoms with Crippen LogP contribution in [-0.2, 0) is 6.54 Å². The fraction of sp³-hybridized carbons (Fsp3) is 0.0769. The molecule has 0 aliphatic carbocycles. The molecule has 0 N–H and O–H groups in total. The molecular formula is C13H10ClN3. The second kappa shape index (κ2) is 4.18. The number of halogens is 1. The van der Waals surface area contributed by atoms with Gasteiger partial charge in [0.1, 0.15) is 5.15 Å². The first-order valence-electron chi connectivity index (χ1n) is 5.34. The highest BCUT2D eigenvalue weighted by atomic mass is 35.5. The SMILES string of the molecule is Clc1ncccc1Cn1ncc2ccccc21. The molecule has 0 amide bonds. The van der Waals surface area contributed by atoms with E-state index in [0.29, 0.717) is 11.7 Å². The minimum Gasteiger partial charge on any atom is -0.260 e. The van der Waals surface area contributed by atoms with E-state index in [1.165, 1.54) is 0 Å². The third-order valence-corrected chi connectivity index (χ3v) is 3.05. The zero-order valence-electron chi connectivity index (χ0n) is 9.05. The number of benzene rings is 1. The molecule has 3 aromatic rings. The molecule has 0 aliphatic rings. The van der Waals surface area contributed by atoms with Crippen molar-refractivity contribution < 1.29 is 0 Å². The summed E-state index contributed by atoms with van der Waals surface area (Å²) in [5.41, 5.74) is 2.08. The molecule has 0 atom stereocenters. The Morgan fingerprint density at radius 3 is 2.88 bits per heavy atom. The highest BCUT2D eigenvalue weighted by molar-refractivity contribution is 6.30. The molecule has 0 spiro atoms. The number of hydrogen-bond donors (Lipinski definition) is 0. The predicted molar refractivity (Wildman–Crippen MR) is 68.1 cm³/mol. The summed E-state index contributed by atoms with van der Waals surface area (Å²) in [5.74, 6) is 0. The van der Waals surface area contributed by atoms with Gasteiger partial charge < -0.3 is 0 Å². The van der Waals surface area contributed by atoms with E-state index in [1.54, 1.807) is 6.20 Å². The highest BCUT2D eigenvalue weighted by Crippen LogP contribution is 2.17. The first-order valence-corrected chi connectivity index (χ1v) is 5.72. The fourth-order valence-corrected chi connectivity index (χ4v) is 2.03. The fourth-order valence-electron chi connectivity index (χ4n) is 1.85. The quantitative estimate of drug-likeness (QED) is 0.648. The Bertz CT molecular complexity index is 660. The van der Waals surface area contributed by atoms with Crippen LogP contribution in [0, 0.1) is 0 Å². The van der Waals surface area contributed by atoms with E-state index in [-0.39, 0.29) is 0 Å². The highest BCUT2D eigenvalue weighted by Gasteiger charge is 2.05. The first kappa shape index (κ1) is 10.3. The van der Waals surface area contributed by atoms with Crippen LogP contribution in [0.25, 0.3) is 10.9 Å². The molecule has 17 heavy (non-hydrogen) atoms. The van der Waals surface area contributed by atoms with Gasteiger partial charge in [0.15, 0.2) is 0 Å². The predicted octanol–water partition coefficient (Wildman–Crippen LogP) is 3.13. The van der Waals surface area contributed by atoms with Gasteiger partial charge in [0, 0.05) is 17.1 Å². The maximum Gasteiger partial charge on any atom is 0.134 e. The lowest BCUT2D eigenvalue weighted by atomic mass is 10.2. The normalized spacial score (nSPS) is 10.9. The first-order chi connectivity index (χ1) is 8.34. The van der Waals surface area contributed by atoms with Gasteiger partial charge in [-0.3, -0.25) is 4.68 Å². The lowest BCUT2D eigenvalue weighted by Gasteiger charge is -2.04. The summed E-state index contributed by atoms with van der Waals surface area (Å²) in [6.07, 6.45) is 3.55. The van der Waals surface area contributed by atoms with E-state index in [0.717, 1.165) is 16.5 Å². The van der Waals surface area contributed by atoms with Gasteiger partial charge in [0.05, 0.1) is 18.3 Å². The average molecular weight is 244 g/mol. The van der Waals surface area contributed by atoms with Crippen molar-refractivity contribution in [3.05, 3.63) is 59.5 Å². The number of aromatic nitrogens is 3. The minimum atomic E-state index is 0.534. The summed E-state index contributed by atoms with van der Waals surface area (Å²) in [4.78, 5) is 4.06. The van der Waals surface area contributed by atoms with Gasteiger partial charge in [-0.1, -0.05) is 35.9 Å². The Balaban J connectivity index is 2.03. The van der Waals surface area contributed by atoms with Gasteiger partial charge in [-0.15, -0.1) is 0 Å². The minimum absolute atomic E-state index is 0.534. The topological polar surface area (TPSA) is 30.7 Å². The molecule has 0 saturated heterocycles. The maximum absolute atomic E-state index is 6.04. The van der Waals surface area contributed by atoms with E-state index < -0.39 is 0 Å². The molecule has 2 aromatic heterocycles. The van der Waals surface area contributed by atoms with Crippen LogP contribution in [-0.4, -0.2) is 14.8 Å². The van der Waals surface area contributed by atoms with Crippen LogP contribution in [0.4, 0.5) is 0 Å². The van der Waals surface area contributed by atoms with Crippen molar-refractivity contribution >= 4 is 22.5 Å². The van der Waals surface area contributed by atoms with Gasteiger partial charge in [0.25, 0.3) is 0 Å². The summed E-state index contributed by atoms with van der Waals surface area (Å²) < 4.78 is 1.93. The molecule has 0 fully saturated rings. The molecule has 0 radical (unpaired) electrons. The molecule has 0 saturated carbocycles. The van der Waals surface area contributed by atoms with Gasteiger partial charge in [-0.05, 0) is 12.1 Å². The van der Waals surface area contributed by atoms with Crippen molar-refractivity contribution in [2.75, 3.05) is 0 Å². The molecule has 0 bridgehead atoms. The van der Waals surface area contributed by atoms with Crippen molar-refractivity contribution in [2.24, 2.45) is 0 Å². The average Bonchev–Trinajstić information content (AvgIpc) is 2.76. The number of rotatable bonds is 2. The lowest BCUT2D eigenvalue weighted by molar-refractivity contribution is 0.710. The number of hydrogen-bond acceptors (Lipinski definition) is 2. The zero-order valence-corrected chi connectivity index (χ0v) is 9.80. The van der Waals surface area contributed by atoms with Crippen molar-refractivity contribution in [3.8, 4) is 0 Å². The van der Waals surface area contributed by atoms with Crippen LogP contribution < -0.4 is 0 Å². The van der Waals surface area contributed by atoms with E-state index >= 15 is 0 Å². The number of fused-ring (bicyclic) bond motifs is 1. The van der Waals surface area contributed by atoms with Crippen molar-refractivity contribution in [2.45, 2.75) is 6.54 Å². The second-order valence-electron chi connectivity index (χ2n) is 3.81. The molecule has 2 heterocycles. The van der Waals surface area contributed by atoms with Crippen LogP contribution in [0.3, 0.4) is 0 Å². The van der Waals surface area contributed by atoms with Crippen LogP contribution in [0.15, 0.2) is 48.8 Å². The van der Waals surface area contributed by atoms with Crippen molar-refractivity contribution in [1.29, 1.82) is 0 Å². The maximum atomic E-state index is 6.04. The summed E-state index contributed by atoms with van der Waals surface area (Å²) in [7, 11) is 0. The second-order valence-corrected chi connectivity index (χ2v) is 4.17. The smallest absolute Gasteiger partial charge is 0.134 e. The van der Waals surface area contributed by atoms with Crippen molar-refractivity contribution in [3.63, 3.8) is 0 Å². The molecule has 1 aromatic carbocycles. The third kappa shape index (κ3) is 1.89. The van der Waals surface area contributed by atoms with E-state index in [9.17, 15) is 0 Å². The van der Waals surface area contributed by atoms with Crippen molar-refractivity contribution in [1.82, 2.24) is 14.8 Å². The Morgan fingerprint density at radius 2 is 2.00 bits per heavy atom. The van der Waals surface area contributed by atoms with Gasteiger partial charge in [0.2, 0.25) is 0 Å². The van der Waals surface area contributed by atoms with Crippen LogP contribution in [0.5, 0.6) is 0 Å². The van der Waals surface area contributed by atoms with Crippen LogP contribution >= 0.6 is 11.6 Å². The molecule has 0 unspecified atom stereocenters. The van der Waals surface area contributed by atoms with E-state index in [4.69, 9.17) is 11.6 Å². The Morgan fingerprint density at radius 1 is 1.12 bits per heavy atom. The van der Waals surface area contributed by atoms with Crippen LogP contribution in [0.1, 0.15) is 5.56 Å². The summed E-state index contributed by atoms with van der Waals surface area (Å²) in [6, 6.07) is 12.0. The van der Waals surface area contributed by atoms with Crippen LogP contribution in [0.2, 0.25) is 5.15 Å². The monoisotopic (exact) mass is 243 g/mol. The molecule has 3 nitrogen and oxygen atoms in total. The number of pyridine rings is 1. The summed E-state index contributed by atoms with van der Waals surface area (Å²) in [6.45, 7) is 0.639. The Kier molecular flexibility index (Phi) is 2.53. The Hall–Kier alpha value is -1.87. The zero-order chi connectivity index (χ0) is 11.7. The molecule has 3 rings (SSSR count). The summed E-state index contributed by atoms with van der Waals surface area (Å²) in [5, 5.41) is 6.03. The molecule has 0 aliphatic heterocycles. The largest absolute Gasteiger partial charge is 0.260 e. The number of nitrogens with zero attached hydrogens (tertiary/aromatic N) is 3. The third-order valence-electron chi connectivity index (χ3n) is 2.71. The lowest BCUT2D eigenvalue weighted by Crippen LogP contribution is -2.02.